The molecule has 132 valence electrons. The fourth-order valence-electron chi connectivity index (χ4n) is 3.02. The Bertz CT molecular complexity index is 437. The van der Waals surface area contributed by atoms with Crippen molar-refractivity contribution >= 4 is 5.97 Å². The van der Waals surface area contributed by atoms with Crippen molar-refractivity contribution < 1.29 is 9.53 Å². The fourth-order valence-corrected chi connectivity index (χ4v) is 3.02. The summed E-state index contributed by atoms with van der Waals surface area (Å²) in [6.07, 6.45) is 14.0. The van der Waals surface area contributed by atoms with Crippen LogP contribution in [0, 0.1) is 6.92 Å². The lowest BCUT2D eigenvalue weighted by atomic mass is 10.1. The molecule has 1 aromatic rings. The average Bonchev–Trinajstić information content (AvgIpc) is 2.90. The third-order valence-electron chi connectivity index (χ3n) is 4.51. The molecule has 0 aromatic carbocycles. The summed E-state index contributed by atoms with van der Waals surface area (Å²) in [6.45, 7) is 4.48. The molecule has 3 heteroatoms. The Morgan fingerprint density at radius 3 is 2.39 bits per heavy atom. The van der Waals surface area contributed by atoms with Crippen molar-refractivity contribution in [3.05, 3.63) is 23.0 Å². The fraction of sp³-hybridized carbons (Fsp3) is 0.750. The highest BCUT2D eigenvalue weighted by atomic mass is 16.5. The number of ether oxygens (including phenoxy) is 1. The highest BCUT2D eigenvalue weighted by molar-refractivity contribution is 5.68. The number of carbonyl (C=O) groups excluding carboxylic acids is 1. The van der Waals surface area contributed by atoms with E-state index in [0.717, 1.165) is 19.3 Å². The molecule has 1 aromatic heterocycles. The van der Waals surface area contributed by atoms with Gasteiger partial charge in [0.15, 0.2) is 0 Å². The Kier molecular flexibility index (Phi) is 10.5. The molecule has 1 heterocycles. The van der Waals surface area contributed by atoms with E-state index in [1.54, 1.807) is 0 Å². The zero-order valence-corrected chi connectivity index (χ0v) is 15.4. The third kappa shape index (κ3) is 8.83. The van der Waals surface area contributed by atoms with E-state index < -0.39 is 0 Å². The largest absolute Gasteiger partial charge is 0.469 e. The minimum absolute atomic E-state index is 0.0847. The number of methoxy groups -OCH3 is 1. The summed E-state index contributed by atoms with van der Waals surface area (Å²) in [6, 6.07) is 2.33. The highest BCUT2D eigenvalue weighted by Gasteiger charge is 2.05. The minimum Gasteiger partial charge on any atom is -0.469 e. The second kappa shape index (κ2) is 12.2. The molecule has 0 radical (unpaired) electrons. The van der Waals surface area contributed by atoms with Crippen molar-refractivity contribution in [2.75, 3.05) is 7.11 Å². The number of aromatic nitrogens is 1. The van der Waals surface area contributed by atoms with Gasteiger partial charge in [0, 0.05) is 17.8 Å². The van der Waals surface area contributed by atoms with Crippen molar-refractivity contribution in [2.24, 2.45) is 0 Å². The van der Waals surface area contributed by atoms with Crippen LogP contribution < -0.4 is 0 Å². The van der Waals surface area contributed by atoms with Gasteiger partial charge in [-0.2, -0.15) is 0 Å². The lowest BCUT2D eigenvalue weighted by Gasteiger charge is -2.02. The molecule has 0 atom stereocenters. The number of esters is 1. The van der Waals surface area contributed by atoms with Crippen molar-refractivity contribution in [2.45, 2.75) is 90.9 Å². The van der Waals surface area contributed by atoms with Crippen LogP contribution in [0.3, 0.4) is 0 Å². The standard InChI is InChI=1S/C20H35NO2/c1-4-5-6-10-13-18-16-17(2)19(21-18)14-11-8-7-9-12-15-20(22)23-3/h16,21H,4-15H2,1-3H3. The van der Waals surface area contributed by atoms with Gasteiger partial charge >= 0.3 is 5.97 Å². The number of hydrogen-bond acceptors (Lipinski definition) is 2. The first-order valence-corrected chi connectivity index (χ1v) is 9.41. The van der Waals surface area contributed by atoms with Crippen LogP contribution in [0.4, 0.5) is 0 Å². The smallest absolute Gasteiger partial charge is 0.305 e. The number of aryl methyl sites for hydroxylation is 3. The van der Waals surface area contributed by atoms with Crippen molar-refractivity contribution in [3.8, 4) is 0 Å². The highest BCUT2D eigenvalue weighted by Crippen LogP contribution is 2.16. The van der Waals surface area contributed by atoms with Crippen LogP contribution in [0.2, 0.25) is 0 Å². The molecule has 0 fully saturated rings. The summed E-state index contributed by atoms with van der Waals surface area (Å²) in [5.41, 5.74) is 4.25. The Morgan fingerprint density at radius 2 is 1.65 bits per heavy atom. The van der Waals surface area contributed by atoms with E-state index in [-0.39, 0.29) is 5.97 Å². The minimum atomic E-state index is -0.0847. The first kappa shape index (κ1) is 19.8. The molecule has 0 aliphatic carbocycles. The summed E-state index contributed by atoms with van der Waals surface area (Å²) < 4.78 is 4.65. The third-order valence-corrected chi connectivity index (χ3v) is 4.51. The SMILES string of the molecule is CCCCCCc1cc(C)c(CCCCCCCC(=O)OC)[nH]1. The molecule has 23 heavy (non-hydrogen) atoms. The van der Waals surface area contributed by atoms with E-state index in [0.29, 0.717) is 6.42 Å². The van der Waals surface area contributed by atoms with E-state index >= 15 is 0 Å². The van der Waals surface area contributed by atoms with E-state index in [4.69, 9.17) is 0 Å². The predicted molar refractivity (Wildman–Crippen MR) is 96.8 cm³/mol. The van der Waals surface area contributed by atoms with Gasteiger partial charge in [0.2, 0.25) is 0 Å². The molecule has 0 saturated heterocycles. The molecule has 0 spiro atoms. The number of H-pyrrole nitrogens is 1. The van der Waals surface area contributed by atoms with Crippen molar-refractivity contribution in [1.82, 2.24) is 4.98 Å². The van der Waals surface area contributed by atoms with Gasteiger partial charge in [-0.05, 0) is 50.7 Å². The first-order valence-electron chi connectivity index (χ1n) is 9.41. The molecule has 0 aliphatic rings. The van der Waals surface area contributed by atoms with Crippen LogP contribution in [-0.4, -0.2) is 18.1 Å². The summed E-state index contributed by atoms with van der Waals surface area (Å²) in [5.74, 6) is -0.0847. The molecule has 1 N–H and O–H groups in total. The van der Waals surface area contributed by atoms with Crippen LogP contribution >= 0.6 is 0 Å². The topological polar surface area (TPSA) is 42.1 Å². The summed E-state index contributed by atoms with van der Waals surface area (Å²) in [5, 5.41) is 0. The summed E-state index contributed by atoms with van der Waals surface area (Å²) in [4.78, 5) is 14.6. The van der Waals surface area contributed by atoms with Crippen LogP contribution in [0.25, 0.3) is 0 Å². The number of aromatic amines is 1. The van der Waals surface area contributed by atoms with Gasteiger partial charge in [0.05, 0.1) is 7.11 Å². The normalized spacial score (nSPS) is 10.9. The molecule has 1 rings (SSSR count). The van der Waals surface area contributed by atoms with Gasteiger partial charge in [-0.1, -0.05) is 45.4 Å². The number of carbonyl (C=O) groups is 1. The Morgan fingerprint density at radius 1 is 1.00 bits per heavy atom. The zero-order chi connectivity index (χ0) is 16.9. The molecule has 0 bridgehead atoms. The predicted octanol–water partition coefficient (Wildman–Crippen LogP) is 5.50. The molecule has 0 unspecified atom stereocenters. The molecular formula is C20H35NO2. The van der Waals surface area contributed by atoms with Crippen molar-refractivity contribution in [3.63, 3.8) is 0 Å². The van der Waals surface area contributed by atoms with Gasteiger partial charge in [0.1, 0.15) is 0 Å². The maximum Gasteiger partial charge on any atom is 0.305 e. The van der Waals surface area contributed by atoms with Gasteiger partial charge in [-0.25, -0.2) is 0 Å². The van der Waals surface area contributed by atoms with E-state index in [1.807, 2.05) is 0 Å². The van der Waals surface area contributed by atoms with E-state index in [1.165, 1.54) is 75.4 Å². The quantitative estimate of drug-likeness (QED) is 0.385. The second-order valence-corrected chi connectivity index (χ2v) is 6.61. The Balaban J connectivity index is 2.12. The Hall–Kier alpha value is -1.25. The van der Waals surface area contributed by atoms with Crippen LogP contribution in [0.5, 0.6) is 0 Å². The van der Waals surface area contributed by atoms with Crippen LogP contribution in [-0.2, 0) is 22.4 Å². The zero-order valence-electron chi connectivity index (χ0n) is 15.4. The van der Waals surface area contributed by atoms with Gasteiger partial charge < -0.3 is 9.72 Å². The molecule has 0 aliphatic heterocycles. The molecule has 0 saturated carbocycles. The van der Waals surface area contributed by atoms with Gasteiger partial charge in [0.25, 0.3) is 0 Å². The molecule has 0 amide bonds. The summed E-state index contributed by atoms with van der Waals surface area (Å²) in [7, 11) is 1.46. The summed E-state index contributed by atoms with van der Waals surface area (Å²) >= 11 is 0. The number of nitrogens with one attached hydrogen (secondary N) is 1. The van der Waals surface area contributed by atoms with E-state index in [2.05, 4.69) is 29.6 Å². The van der Waals surface area contributed by atoms with Crippen LogP contribution in [0.1, 0.15) is 88.1 Å². The average molecular weight is 322 g/mol. The molecular weight excluding hydrogens is 286 g/mol. The number of unbranched alkanes of at least 4 members (excludes halogenated alkanes) is 7. The van der Waals surface area contributed by atoms with Crippen LogP contribution in [0.15, 0.2) is 6.07 Å². The van der Waals surface area contributed by atoms with Crippen molar-refractivity contribution in [1.29, 1.82) is 0 Å². The number of rotatable bonds is 13. The maximum absolute atomic E-state index is 11.0. The lowest BCUT2D eigenvalue weighted by molar-refractivity contribution is -0.140. The van der Waals surface area contributed by atoms with Gasteiger partial charge in [-0.3, -0.25) is 4.79 Å². The Labute approximate surface area is 142 Å². The second-order valence-electron chi connectivity index (χ2n) is 6.61. The van der Waals surface area contributed by atoms with Gasteiger partial charge in [-0.15, -0.1) is 0 Å². The lowest BCUT2D eigenvalue weighted by Crippen LogP contribution is -1.99. The first-order chi connectivity index (χ1) is 11.2. The maximum atomic E-state index is 11.0. The van der Waals surface area contributed by atoms with E-state index in [9.17, 15) is 4.79 Å². The molecule has 3 nitrogen and oxygen atoms in total. The number of hydrogen-bond donors (Lipinski definition) is 1. The monoisotopic (exact) mass is 321 g/mol.